The number of nitrogens with two attached hydrogens (primary N) is 1. The molecule has 3 aromatic rings. The Morgan fingerprint density at radius 3 is 2.82 bits per heavy atom. The third-order valence-corrected chi connectivity index (χ3v) is 4.43. The van der Waals surface area contributed by atoms with Gasteiger partial charge < -0.3 is 16.2 Å². The van der Waals surface area contributed by atoms with Gasteiger partial charge in [0.1, 0.15) is 15.5 Å². The lowest BCUT2D eigenvalue weighted by atomic mass is 10.1. The van der Waals surface area contributed by atoms with Gasteiger partial charge in [0.05, 0.1) is 5.69 Å². The SMILES string of the molecule is Cc1cc(C)c2c(N)c(C(=O)Nc3cccc(O)c3)sc2n1. The number of pyridine rings is 1. The molecular formula is C16H15N3O2S. The fourth-order valence-corrected chi connectivity index (χ4v) is 3.52. The van der Waals surface area contributed by atoms with Crippen LogP contribution in [0, 0.1) is 13.8 Å². The molecule has 22 heavy (non-hydrogen) atoms. The Kier molecular flexibility index (Phi) is 3.46. The normalized spacial score (nSPS) is 10.8. The molecule has 0 unspecified atom stereocenters. The molecule has 3 rings (SSSR count). The lowest BCUT2D eigenvalue weighted by Crippen LogP contribution is -2.11. The van der Waals surface area contributed by atoms with Crippen molar-refractivity contribution < 1.29 is 9.90 Å². The van der Waals surface area contributed by atoms with E-state index in [4.69, 9.17) is 5.73 Å². The number of phenolic OH excluding ortho intramolecular Hbond substituents is 1. The van der Waals surface area contributed by atoms with E-state index in [9.17, 15) is 9.90 Å². The van der Waals surface area contributed by atoms with Crippen molar-refractivity contribution >= 4 is 38.8 Å². The second-order valence-electron chi connectivity index (χ2n) is 5.11. The van der Waals surface area contributed by atoms with Crippen LogP contribution in [0.3, 0.4) is 0 Å². The van der Waals surface area contributed by atoms with Crippen molar-refractivity contribution in [2.45, 2.75) is 13.8 Å². The van der Waals surface area contributed by atoms with E-state index in [-0.39, 0.29) is 11.7 Å². The number of phenols is 1. The van der Waals surface area contributed by atoms with Crippen LogP contribution in [-0.2, 0) is 0 Å². The molecule has 2 aromatic heterocycles. The molecule has 0 aliphatic heterocycles. The molecule has 0 aliphatic carbocycles. The molecule has 0 aliphatic rings. The van der Waals surface area contributed by atoms with Crippen LogP contribution in [0.4, 0.5) is 11.4 Å². The molecule has 1 amide bonds. The third kappa shape index (κ3) is 2.48. The van der Waals surface area contributed by atoms with E-state index in [0.717, 1.165) is 21.5 Å². The highest BCUT2D eigenvalue weighted by molar-refractivity contribution is 7.21. The summed E-state index contributed by atoms with van der Waals surface area (Å²) in [4.78, 5) is 18.1. The molecule has 1 aromatic carbocycles. The molecule has 0 bridgehead atoms. The highest BCUT2D eigenvalue weighted by atomic mass is 32.1. The molecule has 0 saturated heterocycles. The van der Waals surface area contributed by atoms with Crippen LogP contribution in [0.15, 0.2) is 30.3 Å². The highest BCUT2D eigenvalue weighted by Crippen LogP contribution is 2.35. The Bertz CT molecular complexity index is 886. The summed E-state index contributed by atoms with van der Waals surface area (Å²) in [7, 11) is 0. The molecule has 6 heteroatoms. The van der Waals surface area contributed by atoms with Gasteiger partial charge in [-0.2, -0.15) is 0 Å². The van der Waals surface area contributed by atoms with Gasteiger partial charge in [0.25, 0.3) is 5.91 Å². The van der Waals surface area contributed by atoms with E-state index in [1.807, 2.05) is 19.9 Å². The lowest BCUT2D eigenvalue weighted by molar-refractivity contribution is 0.103. The van der Waals surface area contributed by atoms with Crippen LogP contribution in [0.5, 0.6) is 5.75 Å². The number of nitrogens with zero attached hydrogens (tertiary/aromatic N) is 1. The van der Waals surface area contributed by atoms with Crippen molar-refractivity contribution in [3.63, 3.8) is 0 Å². The van der Waals surface area contributed by atoms with Crippen LogP contribution in [0.1, 0.15) is 20.9 Å². The summed E-state index contributed by atoms with van der Waals surface area (Å²) in [5.41, 5.74) is 9.00. The summed E-state index contributed by atoms with van der Waals surface area (Å²) < 4.78 is 0. The molecule has 5 nitrogen and oxygen atoms in total. The maximum Gasteiger partial charge on any atom is 0.267 e. The Balaban J connectivity index is 2.01. The first-order valence-electron chi connectivity index (χ1n) is 6.72. The molecule has 0 saturated carbocycles. The fraction of sp³-hybridized carbons (Fsp3) is 0.125. The maximum atomic E-state index is 12.4. The zero-order chi connectivity index (χ0) is 15.9. The van der Waals surface area contributed by atoms with Gasteiger partial charge in [-0.1, -0.05) is 6.07 Å². The largest absolute Gasteiger partial charge is 0.508 e. The number of hydrogen-bond acceptors (Lipinski definition) is 5. The number of rotatable bonds is 2. The minimum absolute atomic E-state index is 0.0928. The zero-order valence-corrected chi connectivity index (χ0v) is 13.0. The van der Waals surface area contributed by atoms with Gasteiger partial charge in [0.2, 0.25) is 0 Å². The summed E-state index contributed by atoms with van der Waals surface area (Å²) in [6.07, 6.45) is 0. The first kappa shape index (κ1) is 14.3. The summed E-state index contributed by atoms with van der Waals surface area (Å²) in [6.45, 7) is 3.87. The molecule has 2 heterocycles. The number of aromatic nitrogens is 1. The summed E-state index contributed by atoms with van der Waals surface area (Å²) in [5, 5.41) is 13.0. The van der Waals surface area contributed by atoms with Gasteiger partial charge >= 0.3 is 0 Å². The summed E-state index contributed by atoms with van der Waals surface area (Å²) in [5.74, 6) is -0.210. The Labute approximate surface area is 131 Å². The van der Waals surface area contributed by atoms with E-state index in [2.05, 4.69) is 10.3 Å². The number of carbonyl (C=O) groups is 1. The number of fused-ring (bicyclic) bond motifs is 1. The number of amides is 1. The first-order valence-corrected chi connectivity index (χ1v) is 7.54. The van der Waals surface area contributed by atoms with Gasteiger partial charge in [-0.05, 0) is 37.6 Å². The summed E-state index contributed by atoms with van der Waals surface area (Å²) >= 11 is 1.27. The van der Waals surface area contributed by atoms with Gasteiger partial charge in [-0.25, -0.2) is 4.98 Å². The van der Waals surface area contributed by atoms with Crippen LogP contribution >= 0.6 is 11.3 Å². The Morgan fingerprint density at radius 1 is 1.32 bits per heavy atom. The van der Waals surface area contributed by atoms with Crippen LogP contribution in [-0.4, -0.2) is 16.0 Å². The van der Waals surface area contributed by atoms with Gasteiger partial charge in [0.15, 0.2) is 0 Å². The topological polar surface area (TPSA) is 88.2 Å². The molecule has 0 atom stereocenters. The number of nitrogens with one attached hydrogen (secondary N) is 1. The second-order valence-corrected chi connectivity index (χ2v) is 6.11. The van der Waals surface area contributed by atoms with Gasteiger partial charge in [0, 0.05) is 22.8 Å². The number of aryl methyl sites for hydroxylation is 2. The number of anilines is 2. The molecule has 0 radical (unpaired) electrons. The van der Waals surface area contributed by atoms with Crippen molar-refractivity contribution in [3.8, 4) is 5.75 Å². The Hall–Kier alpha value is -2.60. The zero-order valence-electron chi connectivity index (χ0n) is 12.2. The van der Waals surface area contributed by atoms with E-state index in [1.165, 1.54) is 17.4 Å². The standard InChI is InChI=1S/C16H15N3O2S/c1-8-6-9(2)18-16-12(8)13(17)14(22-16)15(21)19-10-4-3-5-11(20)7-10/h3-7,20H,17H2,1-2H3,(H,19,21). The van der Waals surface area contributed by atoms with Crippen molar-refractivity contribution in [2.75, 3.05) is 11.1 Å². The monoisotopic (exact) mass is 313 g/mol. The molecule has 112 valence electrons. The fourth-order valence-electron chi connectivity index (χ4n) is 2.41. The number of thiophene rings is 1. The van der Waals surface area contributed by atoms with Crippen LogP contribution in [0.2, 0.25) is 0 Å². The van der Waals surface area contributed by atoms with E-state index in [0.29, 0.717) is 16.3 Å². The average molecular weight is 313 g/mol. The first-order chi connectivity index (χ1) is 10.5. The molecular weight excluding hydrogens is 298 g/mol. The van der Waals surface area contributed by atoms with Gasteiger partial charge in [-0.3, -0.25) is 4.79 Å². The van der Waals surface area contributed by atoms with Crippen molar-refractivity contribution in [1.29, 1.82) is 0 Å². The highest BCUT2D eigenvalue weighted by Gasteiger charge is 2.19. The number of hydrogen-bond donors (Lipinski definition) is 3. The van der Waals surface area contributed by atoms with Crippen LogP contribution < -0.4 is 11.1 Å². The molecule has 4 N–H and O–H groups in total. The van der Waals surface area contributed by atoms with Gasteiger partial charge in [-0.15, -0.1) is 11.3 Å². The average Bonchev–Trinajstić information content (AvgIpc) is 2.76. The van der Waals surface area contributed by atoms with Crippen molar-refractivity contribution in [1.82, 2.24) is 4.98 Å². The number of benzene rings is 1. The predicted molar refractivity (Wildman–Crippen MR) is 89.6 cm³/mol. The van der Waals surface area contributed by atoms with E-state index in [1.54, 1.807) is 18.2 Å². The Morgan fingerprint density at radius 2 is 2.09 bits per heavy atom. The summed E-state index contributed by atoms with van der Waals surface area (Å²) in [6, 6.07) is 8.33. The maximum absolute atomic E-state index is 12.4. The quantitative estimate of drug-likeness (QED) is 0.676. The van der Waals surface area contributed by atoms with E-state index >= 15 is 0 Å². The van der Waals surface area contributed by atoms with Crippen molar-refractivity contribution in [2.24, 2.45) is 0 Å². The molecule has 0 spiro atoms. The predicted octanol–water partition coefficient (Wildman–Crippen LogP) is 3.45. The smallest absolute Gasteiger partial charge is 0.267 e. The number of nitrogen functional groups attached to an aromatic ring is 1. The van der Waals surface area contributed by atoms with E-state index < -0.39 is 0 Å². The van der Waals surface area contributed by atoms with Crippen molar-refractivity contribution in [3.05, 3.63) is 46.5 Å². The minimum atomic E-state index is -0.303. The molecule has 0 fully saturated rings. The van der Waals surface area contributed by atoms with Crippen LogP contribution in [0.25, 0.3) is 10.2 Å². The number of aromatic hydroxyl groups is 1. The second kappa shape index (κ2) is 5.31. The lowest BCUT2D eigenvalue weighted by Gasteiger charge is -2.04. The third-order valence-electron chi connectivity index (χ3n) is 3.33. The minimum Gasteiger partial charge on any atom is -0.508 e. The number of carbonyl (C=O) groups excluding carboxylic acids is 1.